The van der Waals surface area contributed by atoms with E-state index in [0.29, 0.717) is 0 Å². The van der Waals surface area contributed by atoms with Gasteiger partial charge in [0, 0.05) is 20.9 Å². The van der Waals surface area contributed by atoms with E-state index in [4.69, 9.17) is 0 Å². The van der Waals surface area contributed by atoms with Crippen LogP contribution in [-0.4, -0.2) is 51.6 Å². The Hall–Kier alpha value is -3.24. The standard InChI is InChI=1S/C19H20BrN3O10S2/c1-13-3-7-15(8-4-13)34(28,29)21-17(24)32-11-19(20,23(26)27)12-33-18(25)22-35(30,31)16-9-5-14(2)6-10-16/h3-10H,11-12H2,1-2H3,(H,21,24)(H,22,25). The molecule has 2 aromatic carbocycles. The highest BCUT2D eigenvalue weighted by Gasteiger charge is 2.44. The molecule has 0 aromatic heterocycles. The van der Waals surface area contributed by atoms with Crippen molar-refractivity contribution in [3.63, 3.8) is 0 Å². The first-order valence-corrected chi connectivity index (χ1v) is 13.3. The number of ether oxygens (including phenoxy) is 2. The maximum Gasteiger partial charge on any atom is 0.421 e. The van der Waals surface area contributed by atoms with E-state index in [9.17, 15) is 36.5 Å². The highest BCUT2D eigenvalue weighted by Crippen LogP contribution is 2.21. The fourth-order valence-corrected chi connectivity index (χ4v) is 4.34. The molecule has 2 aromatic rings. The van der Waals surface area contributed by atoms with Crippen LogP contribution < -0.4 is 9.44 Å². The van der Waals surface area contributed by atoms with Crippen molar-refractivity contribution in [2.24, 2.45) is 0 Å². The van der Waals surface area contributed by atoms with Crippen molar-refractivity contribution in [2.45, 2.75) is 28.1 Å². The molecule has 190 valence electrons. The lowest BCUT2D eigenvalue weighted by atomic mass is 10.2. The topological polar surface area (TPSA) is 188 Å². The van der Waals surface area contributed by atoms with Gasteiger partial charge in [0.25, 0.3) is 20.0 Å². The molecule has 16 heteroatoms. The lowest BCUT2D eigenvalue weighted by molar-refractivity contribution is -0.541. The zero-order chi connectivity index (χ0) is 26.4. The van der Waals surface area contributed by atoms with Gasteiger partial charge >= 0.3 is 16.6 Å². The van der Waals surface area contributed by atoms with Gasteiger partial charge in [-0.1, -0.05) is 35.4 Å². The summed E-state index contributed by atoms with van der Waals surface area (Å²) in [6.07, 6.45) is -3.05. The van der Waals surface area contributed by atoms with E-state index in [2.05, 4.69) is 25.4 Å². The lowest BCUT2D eigenvalue weighted by Crippen LogP contribution is -2.45. The third-order valence-corrected chi connectivity index (χ3v) is 7.68. The van der Waals surface area contributed by atoms with E-state index in [0.717, 1.165) is 11.1 Å². The molecule has 2 N–H and O–H groups in total. The molecule has 0 radical (unpaired) electrons. The molecule has 2 rings (SSSR count). The van der Waals surface area contributed by atoms with Gasteiger partial charge in [-0.2, -0.15) is 0 Å². The van der Waals surface area contributed by atoms with Crippen molar-refractivity contribution in [1.29, 1.82) is 0 Å². The average Bonchev–Trinajstić information content (AvgIpc) is 2.76. The molecule has 0 aliphatic rings. The summed E-state index contributed by atoms with van der Waals surface area (Å²) in [5.74, 6) is 0. The minimum absolute atomic E-state index is 0.241. The molecule has 0 spiro atoms. The molecule has 0 fully saturated rings. The van der Waals surface area contributed by atoms with Crippen molar-refractivity contribution in [2.75, 3.05) is 13.2 Å². The van der Waals surface area contributed by atoms with Gasteiger partial charge in [-0.05, 0) is 38.1 Å². The summed E-state index contributed by atoms with van der Waals surface area (Å²) < 4.78 is 58.8. The fraction of sp³-hybridized carbons (Fsp3) is 0.263. The van der Waals surface area contributed by atoms with E-state index in [1.165, 1.54) is 48.5 Å². The van der Waals surface area contributed by atoms with Crippen molar-refractivity contribution in [3.05, 3.63) is 69.8 Å². The SMILES string of the molecule is Cc1ccc(S(=O)(=O)NC(=O)OCC(Br)(COC(=O)NS(=O)(=O)c2ccc(C)cc2)[N+](=O)[O-])cc1. The van der Waals surface area contributed by atoms with Gasteiger partial charge in [0.05, 0.1) is 9.79 Å². The molecular weight excluding hydrogens is 574 g/mol. The molecule has 13 nitrogen and oxygen atoms in total. The zero-order valence-electron chi connectivity index (χ0n) is 18.3. The highest BCUT2D eigenvalue weighted by atomic mass is 79.9. The third-order valence-electron chi connectivity index (χ3n) is 4.27. The van der Waals surface area contributed by atoms with Crippen LogP contribution in [0.3, 0.4) is 0 Å². The highest BCUT2D eigenvalue weighted by molar-refractivity contribution is 9.10. The predicted molar refractivity (Wildman–Crippen MR) is 124 cm³/mol. The van der Waals surface area contributed by atoms with E-state index < -0.39 is 54.8 Å². The van der Waals surface area contributed by atoms with E-state index in [1.807, 2.05) is 0 Å². The van der Waals surface area contributed by atoms with Crippen LogP contribution in [0.25, 0.3) is 0 Å². The Kier molecular flexibility index (Phi) is 8.80. The van der Waals surface area contributed by atoms with Gasteiger partial charge < -0.3 is 9.47 Å². The molecule has 0 aliphatic carbocycles. The van der Waals surface area contributed by atoms with Crippen molar-refractivity contribution < 1.29 is 40.8 Å². The molecular formula is C19H20BrN3O10S2. The minimum atomic E-state index is -4.31. The van der Waals surface area contributed by atoms with Gasteiger partial charge in [-0.3, -0.25) is 10.1 Å². The molecule has 0 atom stereocenters. The molecule has 0 saturated heterocycles. The largest absolute Gasteiger partial charge is 0.440 e. The molecule has 0 bridgehead atoms. The number of halogens is 1. The molecule has 0 aliphatic heterocycles. The van der Waals surface area contributed by atoms with Gasteiger partial charge in [0.2, 0.25) is 0 Å². The second-order valence-corrected chi connectivity index (χ2v) is 12.0. The van der Waals surface area contributed by atoms with Crippen LogP contribution in [0.15, 0.2) is 58.3 Å². The number of nitro groups is 1. The Bertz CT molecular complexity index is 1220. The van der Waals surface area contributed by atoms with Crippen molar-refractivity contribution >= 4 is 48.2 Å². The lowest BCUT2D eigenvalue weighted by Gasteiger charge is -2.19. The summed E-state index contributed by atoms with van der Waals surface area (Å²) in [5.41, 5.74) is 1.55. The summed E-state index contributed by atoms with van der Waals surface area (Å²) >= 11 is 2.66. The fourth-order valence-electron chi connectivity index (χ4n) is 2.33. The number of rotatable bonds is 9. The number of amides is 2. The first-order valence-electron chi connectivity index (χ1n) is 9.50. The van der Waals surface area contributed by atoms with Crippen LogP contribution in [0.5, 0.6) is 0 Å². The number of carbonyl (C=O) groups excluding carboxylic acids is 2. The predicted octanol–water partition coefficient (Wildman–Crippen LogP) is 2.20. The number of carbonyl (C=O) groups is 2. The summed E-state index contributed by atoms with van der Waals surface area (Å²) in [6.45, 7) is 1.30. The average molecular weight is 594 g/mol. The normalized spacial score (nSPS) is 11.9. The van der Waals surface area contributed by atoms with Gasteiger partial charge in [0.15, 0.2) is 13.2 Å². The van der Waals surface area contributed by atoms with Crippen LogP contribution in [0.2, 0.25) is 0 Å². The van der Waals surface area contributed by atoms with Gasteiger partial charge in [0.1, 0.15) is 0 Å². The Morgan fingerprint density at radius 3 is 1.43 bits per heavy atom. The first kappa shape index (κ1) is 28.0. The molecule has 2 amide bonds. The third kappa shape index (κ3) is 7.90. The number of sulfonamides is 2. The Morgan fingerprint density at radius 1 is 0.829 bits per heavy atom. The number of nitrogens with zero attached hydrogens (tertiary/aromatic N) is 1. The Balaban J connectivity index is 1.97. The van der Waals surface area contributed by atoms with Crippen LogP contribution in [-0.2, 0) is 29.5 Å². The smallest absolute Gasteiger partial charge is 0.421 e. The number of alkyl halides is 1. The van der Waals surface area contributed by atoms with Gasteiger partial charge in [-0.25, -0.2) is 35.9 Å². The van der Waals surface area contributed by atoms with Crippen LogP contribution in [0.1, 0.15) is 11.1 Å². The summed E-state index contributed by atoms with van der Waals surface area (Å²) in [6, 6.07) is 11.0. The maximum atomic E-state index is 12.2. The molecule has 35 heavy (non-hydrogen) atoms. The second kappa shape index (κ2) is 11.0. The second-order valence-electron chi connectivity index (χ2n) is 7.16. The summed E-state index contributed by atoms with van der Waals surface area (Å²) in [7, 11) is -8.62. The molecule has 0 unspecified atom stereocenters. The first-order chi connectivity index (χ1) is 16.1. The number of hydrogen-bond donors (Lipinski definition) is 2. The van der Waals surface area contributed by atoms with E-state index in [-0.39, 0.29) is 9.79 Å². The van der Waals surface area contributed by atoms with E-state index in [1.54, 1.807) is 23.3 Å². The van der Waals surface area contributed by atoms with Gasteiger partial charge in [-0.15, -0.1) is 0 Å². The monoisotopic (exact) mass is 593 g/mol. The number of aryl methyl sites for hydroxylation is 2. The number of hydrogen-bond acceptors (Lipinski definition) is 10. The maximum absolute atomic E-state index is 12.2. The van der Waals surface area contributed by atoms with Crippen LogP contribution in [0.4, 0.5) is 9.59 Å². The minimum Gasteiger partial charge on any atom is -0.440 e. The number of nitrogens with one attached hydrogen (secondary N) is 2. The Morgan fingerprint density at radius 2 is 1.14 bits per heavy atom. The zero-order valence-corrected chi connectivity index (χ0v) is 21.5. The summed E-state index contributed by atoms with van der Waals surface area (Å²) in [4.78, 5) is 33.8. The van der Waals surface area contributed by atoms with Crippen LogP contribution >= 0.6 is 15.9 Å². The van der Waals surface area contributed by atoms with Crippen molar-refractivity contribution in [3.8, 4) is 0 Å². The molecule has 0 saturated carbocycles. The van der Waals surface area contributed by atoms with Crippen molar-refractivity contribution in [1.82, 2.24) is 9.44 Å². The molecule has 0 heterocycles. The Labute approximate surface area is 209 Å². The van der Waals surface area contributed by atoms with Crippen LogP contribution in [0, 0.1) is 24.0 Å². The number of benzene rings is 2. The summed E-state index contributed by atoms with van der Waals surface area (Å²) in [5, 5.41) is 11.4. The quantitative estimate of drug-likeness (QED) is 0.189. The van der Waals surface area contributed by atoms with E-state index >= 15 is 0 Å².